The zero-order chi connectivity index (χ0) is 31.2. The summed E-state index contributed by atoms with van der Waals surface area (Å²) in [5.74, 6) is 0.795. The van der Waals surface area contributed by atoms with Crippen LogP contribution in [0.25, 0.3) is 0 Å². The maximum Gasteiger partial charge on any atom is 0.247 e. The molecule has 0 saturated heterocycles. The van der Waals surface area contributed by atoms with Gasteiger partial charge in [-0.25, -0.2) is 13.1 Å². The first-order valence-electron chi connectivity index (χ1n) is 15.0. The van der Waals surface area contributed by atoms with Gasteiger partial charge in [-0.05, 0) is 65.8 Å². The third kappa shape index (κ3) is 7.71. The molecule has 0 bridgehead atoms. The lowest BCUT2D eigenvalue weighted by atomic mass is 10.0. The van der Waals surface area contributed by atoms with Gasteiger partial charge in [0.2, 0.25) is 28.6 Å². The number of hydrogen-bond acceptors (Lipinski definition) is 6. The summed E-state index contributed by atoms with van der Waals surface area (Å²) in [4.78, 5) is 29.8. The van der Waals surface area contributed by atoms with Crippen LogP contribution in [-0.4, -0.2) is 38.0 Å². The average molecular weight is 626 g/mol. The van der Waals surface area contributed by atoms with Crippen LogP contribution >= 0.6 is 0 Å². The number of carbonyl (C=O) groups is 2. The van der Waals surface area contributed by atoms with Gasteiger partial charge < -0.3 is 19.7 Å². The zero-order valence-electron chi connectivity index (χ0n) is 24.7. The Morgan fingerprint density at radius 3 is 2.18 bits per heavy atom. The van der Waals surface area contributed by atoms with Gasteiger partial charge >= 0.3 is 0 Å². The van der Waals surface area contributed by atoms with Crippen molar-refractivity contribution in [2.75, 3.05) is 6.79 Å². The molecule has 1 fully saturated rings. The molecule has 1 aliphatic heterocycles. The monoisotopic (exact) mass is 625 g/mol. The molecule has 1 heterocycles. The summed E-state index contributed by atoms with van der Waals surface area (Å²) in [5.41, 5.74) is 3.27. The lowest BCUT2D eigenvalue weighted by molar-refractivity contribution is -0.141. The molecule has 0 unspecified atom stereocenters. The van der Waals surface area contributed by atoms with Crippen LogP contribution in [0.4, 0.5) is 0 Å². The Hall–Kier alpha value is -4.67. The summed E-state index contributed by atoms with van der Waals surface area (Å²) in [5, 5.41) is 3.03. The Labute approximate surface area is 263 Å². The van der Waals surface area contributed by atoms with Crippen LogP contribution in [0.1, 0.15) is 47.6 Å². The quantitative estimate of drug-likeness (QED) is 0.219. The highest BCUT2D eigenvalue weighted by Gasteiger charge is 2.32. The van der Waals surface area contributed by atoms with Gasteiger partial charge in [-0.3, -0.25) is 9.59 Å². The van der Waals surface area contributed by atoms with E-state index in [1.54, 1.807) is 29.2 Å². The molecule has 2 amide bonds. The van der Waals surface area contributed by atoms with Crippen LogP contribution in [0.15, 0.2) is 108 Å². The van der Waals surface area contributed by atoms with Crippen LogP contribution in [0.2, 0.25) is 0 Å². The van der Waals surface area contributed by atoms with E-state index < -0.39 is 16.1 Å². The van der Waals surface area contributed by atoms with Gasteiger partial charge in [0.05, 0.1) is 4.90 Å². The number of ether oxygens (including phenoxy) is 2. The highest BCUT2D eigenvalue weighted by Crippen LogP contribution is 2.33. The van der Waals surface area contributed by atoms with Crippen molar-refractivity contribution in [2.45, 2.75) is 55.8 Å². The molecule has 0 radical (unpaired) electrons. The second-order valence-corrected chi connectivity index (χ2v) is 13.0. The molecule has 1 atom stereocenters. The molecule has 1 saturated carbocycles. The third-order valence-corrected chi connectivity index (χ3v) is 9.39. The van der Waals surface area contributed by atoms with E-state index in [0.717, 1.165) is 29.5 Å². The van der Waals surface area contributed by atoms with Gasteiger partial charge in [0.25, 0.3) is 0 Å². The van der Waals surface area contributed by atoms with Crippen molar-refractivity contribution in [3.63, 3.8) is 0 Å². The molecule has 4 aromatic rings. The van der Waals surface area contributed by atoms with Crippen LogP contribution in [0.3, 0.4) is 0 Å². The Balaban J connectivity index is 1.21. The second-order valence-electron chi connectivity index (χ2n) is 11.3. The highest BCUT2D eigenvalue weighted by atomic mass is 32.2. The van der Waals surface area contributed by atoms with E-state index in [9.17, 15) is 18.0 Å². The van der Waals surface area contributed by atoms with Gasteiger partial charge in [-0.15, -0.1) is 0 Å². The van der Waals surface area contributed by atoms with Crippen LogP contribution in [-0.2, 0) is 39.1 Å². The van der Waals surface area contributed by atoms with E-state index >= 15 is 0 Å². The fourth-order valence-corrected chi connectivity index (χ4v) is 6.57. The zero-order valence-corrected chi connectivity index (χ0v) is 25.5. The van der Waals surface area contributed by atoms with Crippen molar-refractivity contribution in [2.24, 2.45) is 0 Å². The highest BCUT2D eigenvalue weighted by molar-refractivity contribution is 7.89. The summed E-state index contributed by atoms with van der Waals surface area (Å²) in [6.45, 7) is 0.649. The number of rotatable bonds is 13. The van der Waals surface area contributed by atoms with Crippen molar-refractivity contribution in [3.05, 3.63) is 125 Å². The van der Waals surface area contributed by atoms with Crippen LogP contribution in [0, 0.1) is 0 Å². The Morgan fingerprint density at radius 1 is 0.800 bits per heavy atom. The van der Waals surface area contributed by atoms with Gasteiger partial charge in [-0.2, -0.15) is 0 Å². The Kier molecular flexibility index (Phi) is 9.13. The van der Waals surface area contributed by atoms with Gasteiger partial charge in [0.1, 0.15) is 6.04 Å². The standard InChI is InChI=1S/C35H35N3O6S/c39-33(20-14-25-11-17-30(18-12-25)45(41,42)37-29-15-16-29)38(23-26-7-3-1-4-8-26)34(28-9-5-2-6-10-28)35(40)36-22-27-13-19-31-32(21-27)44-24-43-31/h1-13,17-19,21,29,34,37H,14-16,20,22-24H2,(H,36,40)/t34-/m1/s1. The lowest BCUT2D eigenvalue weighted by Crippen LogP contribution is -2.43. The number of nitrogens with zero attached hydrogens (tertiary/aromatic N) is 1. The number of sulfonamides is 1. The van der Waals surface area contributed by atoms with Crippen molar-refractivity contribution in [1.82, 2.24) is 14.9 Å². The summed E-state index contributed by atoms with van der Waals surface area (Å²) in [6, 6.07) is 30.2. The predicted molar refractivity (Wildman–Crippen MR) is 169 cm³/mol. The predicted octanol–water partition coefficient (Wildman–Crippen LogP) is 4.88. The first-order chi connectivity index (χ1) is 21.9. The molecular formula is C35H35N3O6S. The smallest absolute Gasteiger partial charge is 0.247 e. The van der Waals surface area contributed by atoms with Crippen molar-refractivity contribution in [3.8, 4) is 11.5 Å². The summed E-state index contributed by atoms with van der Waals surface area (Å²) < 4.78 is 38.7. The molecule has 9 nitrogen and oxygen atoms in total. The van der Waals surface area contributed by atoms with Crippen LogP contribution in [0.5, 0.6) is 11.5 Å². The maximum atomic E-state index is 14.0. The fourth-order valence-electron chi connectivity index (χ4n) is 5.27. The van der Waals surface area contributed by atoms with Crippen molar-refractivity contribution < 1.29 is 27.5 Å². The maximum absolute atomic E-state index is 14.0. The SMILES string of the molecule is O=C(NCc1ccc2c(c1)OCO2)[C@@H](c1ccccc1)N(Cc1ccccc1)C(=O)CCc1ccc(S(=O)(=O)NC2CC2)cc1. The number of carbonyl (C=O) groups excluding carboxylic acids is 2. The molecule has 2 aliphatic rings. The topological polar surface area (TPSA) is 114 Å². The van der Waals surface area contributed by atoms with Crippen molar-refractivity contribution >= 4 is 21.8 Å². The Morgan fingerprint density at radius 2 is 1.47 bits per heavy atom. The van der Waals surface area contributed by atoms with E-state index in [0.29, 0.717) is 23.5 Å². The average Bonchev–Trinajstić information content (AvgIpc) is 3.74. The summed E-state index contributed by atoms with van der Waals surface area (Å²) >= 11 is 0. The fraction of sp³-hybridized carbons (Fsp3) is 0.257. The first-order valence-corrected chi connectivity index (χ1v) is 16.5. The molecule has 232 valence electrons. The summed E-state index contributed by atoms with van der Waals surface area (Å²) in [6.07, 6.45) is 2.25. The lowest BCUT2D eigenvalue weighted by Gasteiger charge is -2.32. The summed E-state index contributed by atoms with van der Waals surface area (Å²) in [7, 11) is -3.56. The number of amides is 2. The molecule has 10 heteroatoms. The Bertz CT molecular complexity index is 1740. The van der Waals surface area contributed by atoms with Crippen LogP contribution < -0.4 is 19.5 Å². The minimum Gasteiger partial charge on any atom is -0.454 e. The largest absolute Gasteiger partial charge is 0.454 e. The van der Waals surface area contributed by atoms with Gasteiger partial charge in [0, 0.05) is 25.6 Å². The van der Waals surface area contributed by atoms with Crippen molar-refractivity contribution in [1.29, 1.82) is 0 Å². The number of aryl methyl sites for hydroxylation is 1. The molecule has 2 N–H and O–H groups in total. The normalized spacial score (nSPS) is 14.5. The second kappa shape index (κ2) is 13.5. The number of benzene rings is 4. The first kappa shape index (κ1) is 30.4. The van der Waals surface area contributed by atoms with Gasteiger partial charge in [-0.1, -0.05) is 78.9 Å². The molecule has 0 aromatic heterocycles. The van der Waals surface area contributed by atoms with E-state index in [4.69, 9.17) is 9.47 Å². The molecule has 45 heavy (non-hydrogen) atoms. The number of hydrogen-bond donors (Lipinski definition) is 2. The van der Waals surface area contributed by atoms with E-state index in [2.05, 4.69) is 10.0 Å². The number of nitrogens with one attached hydrogen (secondary N) is 2. The third-order valence-electron chi connectivity index (χ3n) is 7.86. The minimum absolute atomic E-state index is 0.0228. The molecule has 4 aromatic carbocycles. The van der Waals surface area contributed by atoms with Gasteiger partial charge in [0.15, 0.2) is 11.5 Å². The minimum atomic E-state index is -3.56. The van der Waals surface area contributed by atoms with E-state index in [1.807, 2.05) is 78.9 Å². The molecule has 0 spiro atoms. The molecule has 6 rings (SSSR count). The molecule has 1 aliphatic carbocycles. The van der Waals surface area contributed by atoms with E-state index in [-0.39, 0.29) is 49.1 Å². The number of fused-ring (bicyclic) bond motifs is 1. The van der Waals surface area contributed by atoms with E-state index in [1.165, 1.54) is 0 Å². The molecular weight excluding hydrogens is 590 g/mol.